The van der Waals surface area contributed by atoms with E-state index < -0.39 is 79.8 Å². The molecule has 4 N–H and O–H groups in total. The Balaban J connectivity index is 1.83. The first-order valence-corrected chi connectivity index (χ1v) is 9.90. The molecule has 0 spiro atoms. The Morgan fingerprint density at radius 3 is 2.45 bits per heavy atom. The summed E-state index contributed by atoms with van der Waals surface area (Å²) in [6.07, 6.45) is -8.67. The standard InChI is InChI=1S/C19H28O12/c1-7-13-9(4-12(28-7)29-8(2)21)10(17(25)26-3)6-27-18(13)31-19-16(24)15(23)14(22)11(5-20)30-19/h6-7,9,11-16,18-20,22-24H,4-5H2,1-3H3/t7-,9?,11+,12?,13?,14+,15-,16+,18-,19-/m0/s1. The van der Waals surface area contributed by atoms with Crippen molar-refractivity contribution in [2.24, 2.45) is 11.8 Å². The Labute approximate surface area is 178 Å². The van der Waals surface area contributed by atoms with Gasteiger partial charge in [0.1, 0.15) is 24.4 Å². The highest BCUT2D eigenvalue weighted by atomic mass is 16.8. The third-order valence-electron chi connectivity index (χ3n) is 5.70. The number of aliphatic hydroxyl groups excluding tert-OH is 4. The van der Waals surface area contributed by atoms with Crippen LogP contribution in [-0.2, 0) is 38.0 Å². The number of ether oxygens (including phenoxy) is 6. The predicted octanol–water partition coefficient (Wildman–Crippen LogP) is -1.85. The molecular formula is C19H28O12. The van der Waals surface area contributed by atoms with Crippen molar-refractivity contribution < 1.29 is 58.4 Å². The molecule has 0 amide bonds. The molecule has 0 aromatic carbocycles. The molecule has 0 aliphatic carbocycles. The van der Waals surface area contributed by atoms with Crippen LogP contribution in [0.4, 0.5) is 0 Å². The van der Waals surface area contributed by atoms with Gasteiger partial charge in [-0.3, -0.25) is 4.79 Å². The molecule has 10 atom stereocenters. The minimum Gasteiger partial charge on any atom is -0.471 e. The van der Waals surface area contributed by atoms with Crippen molar-refractivity contribution >= 4 is 11.9 Å². The average Bonchev–Trinajstić information content (AvgIpc) is 2.72. The summed E-state index contributed by atoms with van der Waals surface area (Å²) in [5.74, 6) is -2.31. The van der Waals surface area contributed by atoms with Crippen LogP contribution in [0.2, 0.25) is 0 Å². The molecule has 0 bridgehead atoms. The van der Waals surface area contributed by atoms with Crippen LogP contribution >= 0.6 is 0 Å². The summed E-state index contributed by atoms with van der Waals surface area (Å²) >= 11 is 0. The van der Waals surface area contributed by atoms with E-state index in [-0.39, 0.29) is 12.0 Å². The molecule has 12 nitrogen and oxygen atoms in total. The highest BCUT2D eigenvalue weighted by Crippen LogP contribution is 2.43. The number of hydrogen-bond donors (Lipinski definition) is 4. The molecule has 3 aliphatic rings. The molecule has 2 saturated heterocycles. The van der Waals surface area contributed by atoms with Gasteiger partial charge in [-0.25, -0.2) is 4.79 Å². The normalized spacial score (nSPS) is 42.6. The highest BCUT2D eigenvalue weighted by molar-refractivity contribution is 5.89. The molecule has 31 heavy (non-hydrogen) atoms. The first-order valence-electron chi connectivity index (χ1n) is 9.90. The number of rotatable bonds is 5. The molecule has 2 fully saturated rings. The van der Waals surface area contributed by atoms with Crippen molar-refractivity contribution in [1.29, 1.82) is 0 Å². The Morgan fingerprint density at radius 2 is 1.84 bits per heavy atom. The predicted molar refractivity (Wildman–Crippen MR) is 97.5 cm³/mol. The van der Waals surface area contributed by atoms with Gasteiger partial charge in [-0.1, -0.05) is 0 Å². The molecule has 12 heteroatoms. The van der Waals surface area contributed by atoms with Crippen molar-refractivity contribution in [3.05, 3.63) is 11.8 Å². The minimum absolute atomic E-state index is 0.132. The summed E-state index contributed by atoms with van der Waals surface area (Å²) < 4.78 is 32.4. The molecule has 3 heterocycles. The van der Waals surface area contributed by atoms with E-state index in [2.05, 4.69) is 0 Å². The van der Waals surface area contributed by atoms with Crippen LogP contribution in [0.25, 0.3) is 0 Å². The summed E-state index contributed by atoms with van der Waals surface area (Å²) in [5, 5.41) is 39.5. The van der Waals surface area contributed by atoms with Gasteiger partial charge in [0.2, 0.25) is 12.6 Å². The quantitative estimate of drug-likeness (QED) is 0.347. The van der Waals surface area contributed by atoms with Crippen LogP contribution in [0, 0.1) is 11.8 Å². The summed E-state index contributed by atoms with van der Waals surface area (Å²) in [4.78, 5) is 23.6. The lowest BCUT2D eigenvalue weighted by Gasteiger charge is -2.47. The fraction of sp³-hybridized carbons (Fsp3) is 0.789. The van der Waals surface area contributed by atoms with E-state index in [0.29, 0.717) is 0 Å². The number of aliphatic hydroxyl groups is 4. The summed E-state index contributed by atoms with van der Waals surface area (Å²) in [7, 11) is 1.22. The molecular weight excluding hydrogens is 420 g/mol. The van der Waals surface area contributed by atoms with Crippen molar-refractivity contribution in [2.75, 3.05) is 13.7 Å². The molecule has 3 rings (SSSR count). The lowest BCUT2D eigenvalue weighted by molar-refractivity contribution is -0.352. The average molecular weight is 448 g/mol. The van der Waals surface area contributed by atoms with Crippen molar-refractivity contribution in [1.82, 2.24) is 0 Å². The van der Waals surface area contributed by atoms with Crippen LogP contribution in [0.3, 0.4) is 0 Å². The largest absolute Gasteiger partial charge is 0.471 e. The molecule has 0 radical (unpaired) electrons. The summed E-state index contributed by atoms with van der Waals surface area (Å²) in [5.41, 5.74) is 0.202. The van der Waals surface area contributed by atoms with Gasteiger partial charge in [-0.15, -0.1) is 0 Å². The lowest BCUT2D eigenvalue weighted by Crippen LogP contribution is -2.61. The maximum absolute atomic E-state index is 12.3. The first-order chi connectivity index (χ1) is 14.7. The van der Waals surface area contributed by atoms with Gasteiger partial charge in [0.05, 0.1) is 37.6 Å². The first kappa shape index (κ1) is 23.9. The van der Waals surface area contributed by atoms with E-state index in [1.165, 1.54) is 20.3 Å². The Bertz CT molecular complexity index is 693. The Kier molecular flexibility index (Phi) is 7.52. The fourth-order valence-electron chi connectivity index (χ4n) is 4.15. The van der Waals surface area contributed by atoms with E-state index in [0.717, 1.165) is 0 Å². The maximum atomic E-state index is 12.3. The molecule has 3 unspecified atom stereocenters. The zero-order chi connectivity index (χ0) is 22.9. The van der Waals surface area contributed by atoms with Gasteiger partial charge in [0.15, 0.2) is 6.29 Å². The zero-order valence-corrected chi connectivity index (χ0v) is 17.3. The van der Waals surface area contributed by atoms with Crippen LogP contribution in [-0.4, -0.2) is 95.5 Å². The number of carbonyl (C=O) groups excluding carboxylic acids is 2. The lowest BCUT2D eigenvalue weighted by atomic mass is 9.77. The monoisotopic (exact) mass is 448 g/mol. The van der Waals surface area contributed by atoms with Crippen LogP contribution in [0.15, 0.2) is 11.8 Å². The second kappa shape index (κ2) is 9.77. The Hall–Kier alpha value is -1.80. The van der Waals surface area contributed by atoms with Crippen molar-refractivity contribution in [3.8, 4) is 0 Å². The zero-order valence-electron chi connectivity index (χ0n) is 17.3. The van der Waals surface area contributed by atoms with E-state index >= 15 is 0 Å². The number of esters is 2. The van der Waals surface area contributed by atoms with Gasteiger partial charge in [-0.05, 0) is 6.92 Å². The molecule has 176 valence electrons. The van der Waals surface area contributed by atoms with E-state index in [1.54, 1.807) is 6.92 Å². The molecule has 0 aromatic rings. The van der Waals surface area contributed by atoms with Gasteiger partial charge in [-0.2, -0.15) is 0 Å². The number of hydrogen-bond acceptors (Lipinski definition) is 12. The van der Waals surface area contributed by atoms with E-state index in [9.17, 15) is 30.0 Å². The summed E-state index contributed by atoms with van der Waals surface area (Å²) in [6.45, 7) is 2.31. The SMILES string of the molecule is COC(=O)C1=CO[C@@H](O[C@@H]2O[C@H](CO)[C@@H](O)[C@H](O)[C@H]2O)C2C1CC(OC(C)=O)O[C@H]2C. The third-order valence-corrected chi connectivity index (χ3v) is 5.70. The number of carbonyl (C=O) groups is 2. The highest BCUT2D eigenvalue weighted by Gasteiger charge is 2.52. The van der Waals surface area contributed by atoms with Gasteiger partial charge >= 0.3 is 11.9 Å². The molecule has 3 aliphatic heterocycles. The molecule has 0 saturated carbocycles. The van der Waals surface area contributed by atoms with E-state index in [1.807, 2.05) is 0 Å². The minimum atomic E-state index is -1.63. The maximum Gasteiger partial charge on any atom is 0.337 e. The smallest absolute Gasteiger partial charge is 0.337 e. The van der Waals surface area contributed by atoms with Crippen LogP contribution in [0.5, 0.6) is 0 Å². The number of fused-ring (bicyclic) bond motifs is 1. The van der Waals surface area contributed by atoms with Gasteiger partial charge in [0, 0.05) is 19.3 Å². The topological polar surface area (TPSA) is 170 Å². The molecule has 0 aromatic heterocycles. The third kappa shape index (κ3) is 4.85. The van der Waals surface area contributed by atoms with Crippen LogP contribution < -0.4 is 0 Å². The van der Waals surface area contributed by atoms with Crippen molar-refractivity contribution in [3.63, 3.8) is 0 Å². The van der Waals surface area contributed by atoms with Crippen molar-refractivity contribution in [2.45, 2.75) is 69.7 Å². The Morgan fingerprint density at radius 1 is 1.13 bits per heavy atom. The second-order valence-corrected chi connectivity index (χ2v) is 7.70. The van der Waals surface area contributed by atoms with Gasteiger partial charge < -0.3 is 48.8 Å². The summed E-state index contributed by atoms with van der Waals surface area (Å²) in [6, 6.07) is 0. The van der Waals surface area contributed by atoms with Crippen LogP contribution in [0.1, 0.15) is 20.3 Å². The van der Waals surface area contributed by atoms with E-state index in [4.69, 9.17) is 28.4 Å². The number of methoxy groups -OCH3 is 1. The van der Waals surface area contributed by atoms with Gasteiger partial charge in [0.25, 0.3) is 0 Å². The second-order valence-electron chi connectivity index (χ2n) is 7.70. The fourth-order valence-corrected chi connectivity index (χ4v) is 4.15.